The molecule has 1 aliphatic heterocycles. The van der Waals surface area contributed by atoms with Crippen LogP contribution in [0.3, 0.4) is 0 Å². The first-order chi connectivity index (χ1) is 8.97. The summed E-state index contributed by atoms with van der Waals surface area (Å²) in [6.07, 6.45) is -0.362. The van der Waals surface area contributed by atoms with Crippen molar-refractivity contribution in [3.8, 4) is 0 Å². The third kappa shape index (κ3) is 2.76. The molecule has 1 fully saturated rings. The highest BCUT2D eigenvalue weighted by molar-refractivity contribution is 6.26. The molecule has 2 rings (SSSR count). The molecule has 0 saturated carbocycles. The predicted octanol–water partition coefficient (Wildman–Crippen LogP) is 0.618. The lowest BCUT2D eigenvalue weighted by Crippen LogP contribution is -2.52. The zero-order valence-corrected chi connectivity index (χ0v) is 10.1. The fourth-order valence-corrected chi connectivity index (χ4v) is 1.71. The second kappa shape index (κ2) is 4.89. The third-order valence-electron chi connectivity index (χ3n) is 2.46. The summed E-state index contributed by atoms with van der Waals surface area (Å²) in [5, 5.41) is 4.63. The summed E-state index contributed by atoms with van der Waals surface area (Å²) >= 11 is 0. The van der Waals surface area contributed by atoms with E-state index in [4.69, 9.17) is 0 Å². The molecule has 0 radical (unpaired) electrons. The molecule has 7 nitrogen and oxygen atoms in total. The first-order valence-electron chi connectivity index (χ1n) is 5.52. The number of carbonyl (C=O) groups is 4. The number of barbiturate groups is 1. The van der Waals surface area contributed by atoms with E-state index in [9.17, 15) is 19.2 Å². The van der Waals surface area contributed by atoms with E-state index in [1.165, 1.54) is 19.1 Å². The Balaban J connectivity index is 2.22. The van der Waals surface area contributed by atoms with Crippen molar-refractivity contribution in [1.82, 2.24) is 5.32 Å². The molecule has 0 unspecified atom stereocenters. The minimum atomic E-state index is -0.770. The van der Waals surface area contributed by atoms with Gasteiger partial charge in [-0.1, -0.05) is 0 Å². The lowest BCUT2D eigenvalue weighted by atomic mass is 10.2. The van der Waals surface area contributed by atoms with Gasteiger partial charge in [-0.05, 0) is 24.3 Å². The van der Waals surface area contributed by atoms with Crippen LogP contribution in [0.4, 0.5) is 16.2 Å². The Morgan fingerprint density at radius 1 is 1.21 bits per heavy atom. The lowest BCUT2D eigenvalue weighted by molar-refractivity contribution is -0.128. The highest BCUT2D eigenvalue weighted by atomic mass is 16.2. The van der Waals surface area contributed by atoms with E-state index >= 15 is 0 Å². The number of hydrogen-bond donors (Lipinski definition) is 2. The topological polar surface area (TPSA) is 95.6 Å². The lowest BCUT2D eigenvalue weighted by Gasteiger charge is -2.24. The maximum Gasteiger partial charge on any atom is 0.335 e. The number of hydrogen-bond acceptors (Lipinski definition) is 4. The van der Waals surface area contributed by atoms with Crippen molar-refractivity contribution in [3.63, 3.8) is 0 Å². The van der Waals surface area contributed by atoms with Crippen LogP contribution in [0, 0.1) is 0 Å². The number of nitrogens with one attached hydrogen (secondary N) is 2. The largest absolute Gasteiger partial charge is 0.335 e. The molecule has 1 aliphatic rings. The molecular weight excluding hydrogens is 250 g/mol. The van der Waals surface area contributed by atoms with E-state index in [1.807, 2.05) is 0 Å². The van der Waals surface area contributed by atoms with E-state index in [-0.39, 0.29) is 12.3 Å². The molecule has 19 heavy (non-hydrogen) atoms. The molecule has 0 aliphatic carbocycles. The maximum atomic E-state index is 11.7. The monoisotopic (exact) mass is 261 g/mol. The molecule has 98 valence electrons. The number of carbonyl (C=O) groups excluding carboxylic acids is 4. The highest BCUT2D eigenvalue weighted by Gasteiger charge is 2.31. The van der Waals surface area contributed by atoms with Crippen LogP contribution >= 0.6 is 0 Å². The Labute approximate surface area is 108 Å². The summed E-state index contributed by atoms with van der Waals surface area (Å²) < 4.78 is 0. The molecule has 0 bridgehead atoms. The van der Waals surface area contributed by atoms with Crippen LogP contribution in [-0.2, 0) is 14.4 Å². The number of nitrogens with zero attached hydrogens (tertiary/aromatic N) is 1. The van der Waals surface area contributed by atoms with Crippen LogP contribution in [0.1, 0.15) is 13.3 Å². The van der Waals surface area contributed by atoms with E-state index in [2.05, 4.69) is 10.6 Å². The van der Waals surface area contributed by atoms with Crippen molar-refractivity contribution in [2.75, 3.05) is 10.2 Å². The van der Waals surface area contributed by atoms with Gasteiger partial charge in [0.2, 0.25) is 17.7 Å². The summed E-state index contributed by atoms with van der Waals surface area (Å²) in [5.74, 6) is -1.41. The quantitative estimate of drug-likeness (QED) is 0.763. The van der Waals surface area contributed by atoms with Crippen LogP contribution in [0.2, 0.25) is 0 Å². The summed E-state index contributed by atoms with van der Waals surface area (Å²) in [4.78, 5) is 46.0. The van der Waals surface area contributed by atoms with Crippen LogP contribution < -0.4 is 15.5 Å². The van der Waals surface area contributed by atoms with E-state index < -0.39 is 17.8 Å². The second-order valence-corrected chi connectivity index (χ2v) is 3.99. The number of rotatable bonds is 2. The molecule has 1 saturated heterocycles. The van der Waals surface area contributed by atoms with Gasteiger partial charge in [-0.3, -0.25) is 19.7 Å². The van der Waals surface area contributed by atoms with Crippen LogP contribution in [-0.4, -0.2) is 23.8 Å². The van der Waals surface area contributed by atoms with Gasteiger partial charge in [0, 0.05) is 12.6 Å². The van der Waals surface area contributed by atoms with Gasteiger partial charge in [0.05, 0.1) is 5.69 Å². The Bertz CT molecular complexity index is 545. The Morgan fingerprint density at radius 2 is 1.84 bits per heavy atom. The molecule has 1 aromatic carbocycles. The van der Waals surface area contributed by atoms with Crippen molar-refractivity contribution in [1.29, 1.82) is 0 Å². The minimum absolute atomic E-state index is 0.217. The maximum absolute atomic E-state index is 11.7. The van der Waals surface area contributed by atoms with Crippen molar-refractivity contribution < 1.29 is 19.2 Å². The van der Waals surface area contributed by atoms with E-state index in [0.29, 0.717) is 11.4 Å². The number of anilines is 2. The van der Waals surface area contributed by atoms with Gasteiger partial charge < -0.3 is 5.32 Å². The Hall–Kier alpha value is -2.70. The number of urea groups is 1. The second-order valence-electron chi connectivity index (χ2n) is 3.99. The molecule has 5 amide bonds. The number of imide groups is 2. The number of benzene rings is 1. The minimum Gasteiger partial charge on any atom is -0.326 e. The third-order valence-corrected chi connectivity index (χ3v) is 2.46. The standard InChI is InChI=1S/C12H11N3O4/c1-7(16)13-8-2-4-9(5-3-8)15-11(18)6-10(17)14-12(15)19/h2-5H,6H2,1H3,(H,13,16)(H,14,17,19). The van der Waals surface area contributed by atoms with Crippen molar-refractivity contribution in [2.45, 2.75) is 13.3 Å². The molecular formula is C12H11N3O4. The van der Waals surface area contributed by atoms with Gasteiger partial charge in [-0.25, -0.2) is 9.69 Å². The highest BCUT2D eigenvalue weighted by Crippen LogP contribution is 2.20. The molecule has 2 N–H and O–H groups in total. The molecule has 0 aromatic heterocycles. The smallest absolute Gasteiger partial charge is 0.326 e. The van der Waals surface area contributed by atoms with E-state index in [0.717, 1.165) is 4.90 Å². The molecule has 0 atom stereocenters. The van der Waals surface area contributed by atoms with Crippen LogP contribution in [0.25, 0.3) is 0 Å². The first-order valence-corrected chi connectivity index (χ1v) is 5.52. The van der Waals surface area contributed by atoms with E-state index in [1.54, 1.807) is 12.1 Å². The van der Waals surface area contributed by atoms with Crippen LogP contribution in [0.15, 0.2) is 24.3 Å². The van der Waals surface area contributed by atoms with Crippen molar-refractivity contribution in [2.24, 2.45) is 0 Å². The van der Waals surface area contributed by atoms with Gasteiger partial charge in [-0.15, -0.1) is 0 Å². The van der Waals surface area contributed by atoms with Gasteiger partial charge >= 0.3 is 6.03 Å². The first kappa shape index (κ1) is 12.7. The molecule has 0 spiro atoms. The fourth-order valence-electron chi connectivity index (χ4n) is 1.71. The van der Waals surface area contributed by atoms with Gasteiger partial charge in [0.25, 0.3) is 0 Å². The zero-order valence-electron chi connectivity index (χ0n) is 10.1. The molecule has 7 heteroatoms. The summed E-state index contributed by atoms with van der Waals surface area (Å²) in [5.41, 5.74) is 0.890. The Morgan fingerprint density at radius 3 is 2.37 bits per heavy atom. The SMILES string of the molecule is CC(=O)Nc1ccc(N2C(=O)CC(=O)NC2=O)cc1. The van der Waals surface area contributed by atoms with Gasteiger partial charge in [0.1, 0.15) is 6.42 Å². The predicted molar refractivity (Wildman–Crippen MR) is 66.4 cm³/mol. The summed E-state index contributed by atoms with van der Waals surface area (Å²) in [6, 6.07) is 5.38. The fraction of sp³-hybridized carbons (Fsp3) is 0.167. The Kier molecular flexibility index (Phi) is 3.28. The van der Waals surface area contributed by atoms with Crippen molar-refractivity contribution >= 4 is 35.1 Å². The summed E-state index contributed by atoms with van der Waals surface area (Å²) in [6.45, 7) is 1.38. The molecule has 1 aromatic rings. The van der Waals surface area contributed by atoms with Gasteiger partial charge in [0.15, 0.2) is 0 Å². The van der Waals surface area contributed by atoms with Gasteiger partial charge in [-0.2, -0.15) is 0 Å². The number of amides is 5. The van der Waals surface area contributed by atoms with Crippen molar-refractivity contribution in [3.05, 3.63) is 24.3 Å². The zero-order chi connectivity index (χ0) is 14.0. The average molecular weight is 261 g/mol. The van der Waals surface area contributed by atoms with Crippen LogP contribution in [0.5, 0.6) is 0 Å². The average Bonchev–Trinajstić information content (AvgIpc) is 2.29. The summed E-state index contributed by atoms with van der Waals surface area (Å²) in [7, 11) is 0. The molecule has 1 heterocycles. The normalized spacial score (nSPS) is 15.2.